The van der Waals surface area contributed by atoms with Gasteiger partial charge in [-0.15, -0.1) is 0 Å². The van der Waals surface area contributed by atoms with Crippen LogP contribution in [0.1, 0.15) is 55.5 Å². The molecule has 35 heavy (non-hydrogen) atoms. The fourth-order valence-corrected chi connectivity index (χ4v) is 5.85. The zero-order valence-electron chi connectivity index (χ0n) is 20.8. The molecule has 188 valence electrons. The number of hydrogen-bond acceptors (Lipinski definition) is 4. The van der Waals surface area contributed by atoms with Crippen molar-refractivity contribution in [3.05, 3.63) is 70.7 Å². The second-order valence-corrected chi connectivity index (χ2v) is 11.0. The first-order chi connectivity index (χ1) is 16.6. The quantitative estimate of drug-likeness (QED) is 0.583. The Morgan fingerprint density at radius 2 is 1.74 bits per heavy atom. The molecule has 2 aromatic carbocycles. The zero-order valence-corrected chi connectivity index (χ0v) is 21.5. The van der Waals surface area contributed by atoms with Crippen LogP contribution in [-0.2, 0) is 10.4 Å². The summed E-state index contributed by atoms with van der Waals surface area (Å²) in [5.41, 5.74) is -0.203. The van der Waals surface area contributed by atoms with E-state index in [4.69, 9.17) is 11.6 Å². The summed E-state index contributed by atoms with van der Waals surface area (Å²) in [6, 6.07) is 16.5. The van der Waals surface area contributed by atoms with E-state index >= 15 is 0 Å². The number of benzene rings is 2. The predicted molar refractivity (Wildman–Crippen MR) is 138 cm³/mol. The monoisotopic (exact) mass is 497 g/mol. The maximum atomic E-state index is 13.9. The van der Waals surface area contributed by atoms with Crippen molar-refractivity contribution < 1.29 is 14.7 Å². The molecule has 1 aliphatic carbocycles. The molecular formula is C28H36ClN3O3. The Hall–Kier alpha value is -2.41. The number of aliphatic hydroxyl groups is 1. The highest BCUT2D eigenvalue weighted by molar-refractivity contribution is 6.30. The topological polar surface area (TPSA) is 81.7 Å². The van der Waals surface area contributed by atoms with Gasteiger partial charge in [-0.2, -0.15) is 0 Å². The van der Waals surface area contributed by atoms with Gasteiger partial charge in [-0.3, -0.25) is 9.59 Å². The van der Waals surface area contributed by atoms with Crippen LogP contribution in [0.2, 0.25) is 5.02 Å². The minimum absolute atomic E-state index is 0.0505. The first kappa shape index (κ1) is 25.7. The van der Waals surface area contributed by atoms with Gasteiger partial charge in [-0.25, -0.2) is 0 Å². The summed E-state index contributed by atoms with van der Waals surface area (Å²) in [6.07, 6.45) is 2.76. The van der Waals surface area contributed by atoms with Gasteiger partial charge in [0.25, 0.3) is 5.91 Å². The van der Waals surface area contributed by atoms with Crippen LogP contribution in [0, 0.1) is 11.3 Å². The highest BCUT2D eigenvalue weighted by Gasteiger charge is 2.51. The largest absolute Gasteiger partial charge is 0.384 e. The van der Waals surface area contributed by atoms with Gasteiger partial charge in [0.15, 0.2) is 0 Å². The number of nitrogens with zero attached hydrogens (tertiary/aromatic N) is 1. The molecule has 4 atom stereocenters. The van der Waals surface area contributed by atoms with Crippen molar-refractivity contribution in [2.75, 3.05) is 20.1 Å². The number of likely N-dealkylation sites (tertiary alicyclic amines) is 1. The molecule has 0 bridgehead atoms. The van der Waals surface area contributed by atoms with Gasteiger partial charge in [0.05, 0.1) is 11.5 Å². The second kappa shape index (κ2) is 10.3. The maximum absolute atomic E-state index is 13.9. The molecule has 2 aromatic rings. The van der Waals surface area contributed by atoms with Gasteiger partial charge in [0.1, 0.15) is 0 Å². The Morgan fingerprint density at radius 3 is 2.37 bits per heavy atom. The third-order valence-electron chi connectivity index (χ3n) is 8.01. The Labute approximate surface area is 213 Å². The van der Waals surface area contributed by atoms with E-state index in [9.17, 15) is 14.7 Å². The van der Waals surface area contributed by atoms with Gasteiger partial charge < -0.3 is 20.6 Å². The molecule has 0 aromatic heterocycles. The number of nitrogens with one attached hydrogen (secondary N) is 2. The molecule has 0 spiro atoms. The van der Waals surface area contributed by atoms with E-state index in [0.717, 1.165) is 18.4 Å². The highest BCUT2D eigenvalue weighted by atomic mass is 35.5. The molecule has 2 amide bonds. The van der Waals surface area contributed by atoms with E-state index in [1.54, 1.807) is 24.3 Å². The van der Waals surface area contributed by atoms with E-state index in [1.165, 1.54) is 0 Å². The molecular weight excluding hydrogens is 462 g/mol. The van der Waals surface area contributed by atoms with Gasteiger partial charge in [0.2, 0.25) is 5.91 Å². The van der Waals surface area contributed by atoms with Crippen LogP contribution < -0.4 is 10.6 Å². The van der Waals surface area contributed by atoms with Crippen LogP contribution in [-0.4, -0.2) is 54.0 Å². The zero-order chi connectivity index (χ0) is 25.2. The van der Waals surface area contributed by atoms with Gasteiger partial charge in [-0.1, -0.05) is 55.8 Å². The molecule has 1 heterocycles. The molecule has 1 saturated heterocycles. The van der Waals surface area contributed by atoms with Crippen molar-refractivity contribution in [1.29, 1.82) is 0 Å². The van der Waals surface area contributed by atoms with Gasteiger partial charge in [-0.05, 0) is 62.6 Å². The number of amides is 2. The third-order valence-corrected chi connectivity index (χ3v) is 8.26. The maximum Gasteiger partial charge on any atom is 0.251 e. The van der Waals surface area contributed by atoms with Crippen molar-refractivity contribution in [1.82, 2.24) is 15.5 Å². The molecule has 1 saturated carbocycles. The summed E-state index contributed by atoms with van der Waals surface area (Å²) in [5.74, 6) is -0.409. The highest BCUT2D eigenvalue weighted by Crippen LogP contribution is 2.46. The van der Waals surface area contributed by atoms with Gasteiger partial charge in [0, 0.05) is 41.2 Å². The second-order valence-electron chi connectivity index (χ2n) is 10.6. The summed E-state index contributed by atoms with van der Waals surface area (Å²) in [4.78, 5) is 28.6. The molecule has 2 aliphatic rings. The predicted octanol–water partition coefficient (Wildman–Crippen LogP) is 3.97. The van der Waals surface area contributed by atoms with Gasteiger partial charge >= 0.3 is 0 Å². The molecule has 1 unspecified atom stereocenters. The van der Waals surface area contributed by atoms with Crippen molar-refractivity contribution >= 4 is 23.4 Å². The van der Waals surface area contributed by atoms with Crippen molar-refractivity contribution in [2.24, 2.45) is 11.3 Å². The van der Waals surface area contributed by atoms with Crippen LogP contribution in [0.25, 0.3) is 0 Å². The normalized spacial score (nSPS) is 28.4. The molecule has 4 rings (SSSR count). The van der Waals surface area contributed by atoms with Crippen molar-refractivity contribution in [3.8, 4) is 0 Å². The molecule has 3 N–H and O–H groups in total. The first-order valence-corrected chi connectivity index (χ1v) is 12.8. The van der Waals surface area contributed by atoms with Crippen LogP contribution in [0.4, 0.5) is 0 Å². The Balaban J connectivity index is 1.51. The number of hydrogen-bond donors (Lipinski definition) is 3. The summed E-state index contributed by atoms with van der Waals surface area (Å²) < 4.78 is 0. The van der Waals surface area contributed by atoms with Crippen molar-refractivity contribution in [3.63, 3.8) is 0 Å². The lowest BCUT2D eigenvalue weighted by molar-refractivity contribution is -0.158. The average Bonchev–Trinajstić information content (AvgIpc) is 2.86. The number of piperidine rings is 1. The Bertz CT molecular complexity index is 1040. The van der Waals surface area contributed by atoms with E-state index in [2.05, 4.69) is 10.6 Å². The Kier molecular flexibility index (Phi) is 7.55. The van der Waals surface area contributed by atoms with E-state index < -0.39 is 11.0 Å². The Morgan fingerprint density at radius 1 is 1.06 bits per heavy atom. The van der Waals surface area contributed by atoms with E-state index in [0.29, 0.717) is 36.5 Å². The average molecular weight is 498 g/mol. The van der Waals surface area contributed by atoms with E-state index in [-0.39, 0.29) is 29.8 Å². The van der Waals surface area contributed by atoms with Crippen molar-refractivity contribution in [2.45, 2.75) is 57.2 Å². The lowest BCUT2D eigenvalue weighted by atomic mass is 9.66. The minimum Gasteiger partial charge on any atom is -0.384 e. The fraction of sp³-hybridized carbons (Fsp3) is 0.500. The van der Waals surface area contributed by atoms with Crippen LogP contribution >= 0.6 is 11.6 Å². The fourth-order valence-electron chi connectivity index (χ4n) is 5.73. The first-order valence-electron chi connectivity index (χ1n) is 12.4. The van der Waals surface area contributed by atoms with Crippen LogP contribution in [0.15, 0.2) is 54.6 Å². The van der Waals surface area contributed by atoms with E-state index in [1.807, 2.05) is 56.1 Å². The lowest BCUT2D eigenvalue weighted by Gasteiger charge is -2.51. The minimum atomic E-state index is -1.06. The molecule has 7 heteroatoms. The summed E-state index contributed by atoms with van der Waals surface area (Å²) in [7, 11) is 1.92. The van der Waals surface area contributed by atoms with Crippen LogP contribution in [0.5, 0.6) is 0 Å². The third kappa shape index (κ3) is 5.25. The summed E-state index contributed by atoms with van der Waals surface area (Å²) in [5, 5.41) is 18.8. The SMILES string of the molecule is CNC1CC[C@@H](NC(=O)c2ccccc2)[C@@H](C(=O)N2CC[C@](O)(c3ccc(Cl)cc3)C(C)(C)C2)C1. The molecule has 2 fully saturated rings. The molecule has 6 nitrogen and oxygen atoms in total. The number of rotatable bonds is 5. The number of carbonyl (C=O) groups excluding carboxylic acids is 2. The summed E-state index contributed by atoms with van der Waals surface area (Å²) in [6.45, 7) is 4.91. The smallest absolute Gasteiger partial charge is 0.251 e. The number of carbonyl (C=O) groups is 2. The summed E-state index contributed by atoms with van der Waals surface area (Å²) >= 11 is 6.06. The number of halogens is 1. The standard InChI is InChI=1S/C28H36ClN3O3/c1-27(2)18-32(16-15-28(27,35)20-9-11-21(29)12-10-20)26(34)23-17-22(30-3)13-14-24(23)31-25(33)19-7-5-4-6-8-19/h4-12,22-24,30,35H,13-18H2,1-3H3,(H,31,33)/t22?,23-,24+,28-/m0/s1. The molecule has 1 aliphatic heterocycles. The van der Waals surface area contributed by atoms with Crippen LogP contribution in [0.3, 0.4) is 0 Å². The molecule has 0 radical (unpaired) electrons. The lowest BCUT2D eigenvalue weighted by Crippen LogP contribution is -2.60.